The van der Waals surface area contributed by atoms with Crippen LogP contribution >= 0.6 is 0 Å². The molecule has 3 N–H and O–H groups in total. The van der Waals surface area contributed by atoms with Crippen molar-refractivity contribution in [1.82, 2.24) is 0 Å². The van der Waals surface area contributed by atoms with Gasteiger partial charge in [-0.15, -0.1) is 0 Å². The molecule has 84 valence electrons. The Morgan fingerprint density at radius 3 is 2.80 bits per heavy atom. The second-order valence-corrected chi connectivity index (χ2v) is 5.20. The normalized spacial score (nSPS) is 12.4. The zero-order valence-corrected chi connectivity index (χ0v) is 10.1. The Bertz CT molecular complexity index is 352. The molecule has 0 amide bonds. The van der Waals surface area contributed by atoms with Gasteiger partial charge in [-0.3, -0.25) is 4.21 Å². The molecule has 1 atom stereocenters. The molecule has 0 aliphatic rings. The van der Waals surface area contributed by atoms with E-state index in [4.69, 9.17) is 5.73 Å². The lowest BCUT2D eigenvalue weighted by Crippen LogP contribution is -2.07. The number of nitrogens with one attached hydrogen (secondary N) is 1. The fourth-order valence-electron chi connectivity index (χ4n) is 1.34. The van der Waals surface area contributed by atoms with Gasteiger partial charge >= 0.3 is 0 Å². The molecule has 0 spiro atoms. The van der Waals surface area contributed by atoms with Crippen LogP contribution in [-0.2, 0) is 10.8 Å². The lowest BCUT2D eigenvalue weighted by Gasteiger charge is -2.09. The molecular formula is C11H18N2OS. The summed E-state index contributed by atoms with van der Waals surface area (Å²) >= 11 is 0. The van der Waals surface area contributed by atoms with Crippen LogP contribution in [0.15, 0.2) is 18.2 Å². The van der Waals surface area contributed by atoms with E-state index in [9.17, 15) is 4.21 Å². The van der Waals surface area contributed by atoms with Crippen LogP contribution in [-0.4, -0.2) is 22.8 Å². The summed E-state index contributed by atoms with van der Waals surface area (Å²) in [7, 11) is -0.704. The van der Waals surface area contributed by atoms with E-state index < -0.39 is 10.8 Å². The summed E-state index contributed by atoms with van der Waals surface area (Å²) in [6.45, 7) is 2.83. The monoisotopic (exact) mass is 226 g/mol. The third kappa shape index (κ3) is 4.34. The second-order valence-electron chi connectivity index (χ2n) is 3.65. The Kier molecular flexibility index (Phi) is 4.62. The van der Waals surface area contributed by atoms with E-state index in [2.05, 4.69) is 5.32 Å². The van der Waals surface area contributed by atoms with Crippen molar-refractivity contribution in [2.75, 3.05) is 29.6 Å². The van der Waals surface area contributed by atoms with Gasteiger partial charge in [0.1, 0.15) is 0 Å². The van der Waals surface area contributed by atoms with E-state index in [0.29, 0.717) is 0 Å². The van der Waals surface area contributed by atoms with Crippen LogP contribution in [0.4, 0.5) is 11.4 Å². The summed E-state index contributed by atoms with van der Waals surface area (Å²) in [4.78, 5) is 0. The van der Waals surface area contributed by atoms with E-state index >= 15 is 0 Å². The number of nitrogens with two attached hydrogens (primary N) is 1. The maximum atomic E-state index is 10.8. The molecule has 1 rings (SSSR count). The van der Waals surface area contributed by atoms with Crippen molar-refractivity contribution >= 4 is 22.2 Å². The van der Waals surface area contributed by atoms with E-state index in [0.717, 1.165) is 35.7 Å². The molecule has 1 aromatic rings. The molecule has 1 aromatic carbocycles. The van der Waals surface area contributed by atoms with Crippen LogP contribution in [0.25, 0.3) is 0 Å². The minimum atomic E-state index is -0.704. The highest BCUT2D eigenvalue weighted by Gasteiger charge is 1.98. The Labute approximate surface area is 93.5 Å². The van der Waals surface area contributed by atoms with Gasteiger partial charge in [0.2, 0.25) is 0 Å². The quantitative estimate of drug-likeness (QED) is 0.594. The van der Waals surface area contributed by atoms with Crippen LogP contribution < -0.4 is 11.1 Å². The number of benzene rings is 1. The van der Waals surface area contributed by atoms with Gasteiger partial charge in [0.25, 0.3) is 0 Å². The van der Waals surface area contributed by atoms with Gasteiger partial charge in [0.15, 0.2) is 0 Å². The first kappa shape index (κ1) is 12.0. The lowest BCUT2D eigenvalue weighted by atomic mass is 10.2. The Hall–Kier alpha value is -1.03. The van der Waals surface area contributed by atoms with Crippen molar-refractivity contribution in [2.45, 2.75) is 13.3 Å². The first-order valence-corrected chi connectivity index (χ1v) is 6.72. The third-order valence-corrected chi connectivity index (χ3v) is 2.99. The molecule has 3 nitrogen and oxygen atoms in total. The van der Waals surface area contributed by atoms with E-state index in [-0.39, 0.29) is 0 Å². The van der Waals surface area contributed by atoms with Gasteiger partial charge in [-0.2, -0.15) is 0 Å². The van der Waals surface area contributed by atoms with Crippen molar-refractivity contribution in [3.05, 3.63) is 23.8 Å². The predicted molar refractivity (Wildman–Crippen MR) is 67.6 cm³/mol. The smallest absolute Gasteiger partial charge is 0.0574 e. The number of nitrogen functional groups attached to an aromatic ring is 1. The van der Waals surface area contributed by atoms with Crippen LogP contribution in [0, 0.1) is 6.92 Å². The Balaban J connectivity index is 2.40. The van der Waals surface area contributed by atoms with Gasteiger partial charge in [-0.1, -0.05) is 6.07 Å². The SMILES string of the molecule is Cc1ccc(NCCCS(C)=O)c(N)c1. The zero-order chi connectivity index (χ0) is 11.3. The van der Waals surface area contributed by atoms with Gasteiger partial charge in [0.05, 0.1) is 11.4 Å². The zero-order valence-electron chi connectivity index (χ0n) is 9.25. The van der Waals surface area contributed by atoms with Gasteiger partial charge in [-0.25, -0.2) is 0 Å². The van der Waals surface area contributed by atoms with Gasteiger partial charge in [0, 0.05) is 29.4 Å². The highest BCUT2D eigenvalue weighted by molar-refractivity contribution is 7.84. The maximum Gasteiger partial charge on any atom is 0.0574 e. The van der Waals surface area contributed by atoms with Crippen LogP contribution in [0.5, 0.6) is 0 Å². The molecule has 4 heteroatoms. The van der Waals surface area contributed by atoms with E-state index in [1.165, 1.54) is 0 Å². The first-order valence-electron chi connectivity index (χ1n) is 4.99. The highest BCUT2D eigenvalue weighted by Crippen LogP contribution is 2.18. The van der Waals surface area contributed by atoms with Crippen LogP contribution in [0.3, 0.4) is 0 Å². The molecule has 0 saturated carbocycles. The molecule has 0 bridgehead atoms. The molecule has 0 heterocycles. The van der Waals surface area contributed by atoms with E-state index in [1.807, 2.05) is 25.1 Å². The largest absolute Gasteiger partial charge is 0.397 e. The van der Waals surface area contributed by atoms with Crippen molar-refractivity contribution in [3.63, 3.8) is 0 Å². The number of aryl methyl sites for hydroxylation is 1. The molecule has 0 saturated heterocycles. The molecule has 15 heavy (non-hydrogen) atoms. The highest BCUT2D eigenvalue weighted by atomic mass is 32.2. The predicted octanol–water partition coefficient (Wildman–Crippen LogP) is 1.76. The van der Waals surface area contributed by atoms with Crippen LogP contribution in [0.2, 0.25) is 0 Å². The first-order chi connectivity index (χ1) is 7.09. The van der Waals surface area contributed by atoms with E-state index in [1.54, 1.807) is 6.26 Å². The van der Waals surface area contributed by atoms with Crippen molar-refractivity contribution < 1.29 is 4.21 Å². The van der Waals surface area contributed by atoms with Crippen molar-refractivity contribution in [3.8, 4) is 0 Å². The number of rotatable bonds is 5. The standard InChI is InChI=1S/C11H18N2OS/c1-9-4-5-11(10(12)8-9)13-6-3-7-15(2)14/h4-5,8,13H,3,6-7,12H2,1-2H3. The summed E-state index contributed by atoms with van der Waals surface area (Å²) in [5.74, 6) is 0.735. The molecule has 0 aromatic heterocycles. The summed E-state index contributed by atoms with van der Waals surface area (Å²) < 4.78 is 10.8. The summed E-state index contributed by atoms with van der Waals surface area (Å²) in [6, 6.07) is 5.95. The molecule has 0 radical (unpaired) electrons. The topological polar surface area (TPSA) is 55.1 Å². The van der Waals surface area contributed by atoms with Gasteiger partial charge in [-0.05, 0) is 31.0 Å². The molecule has 0 fully saturated rings. The fourth-order valence-corrected chi connectivity index (χ4v) is 1.89. The average molecular weight is 226 g/mol. The molecule has 0 aliphatic heterocycles. The lowest BCUT2D eigenvalue weighted by molar-refractivity contribution is 0.685. The van der Waals surface area contributed by atoms with Gasteiger partial charge < -0.3 is 11.1 Å². The number of anilines is 2. The number of hydrogen-bond acceptors (Lipinski definition) is 3. The summed E-state index contributed by atoms with van der Waals surface area (Å²) in [5, 5.41) is 3.24. The Morgan fingerprint density at radius 1 is 1.47 bits per heavy atom. The second kappa shape index (κ2) is 5.75. The molecule has 0 aliphatic carbocycles. The minimum Gasteiger partial charge on any atom is -0.397 e. The number of hydrogen-bond donors (Lipinski definition) is 2. The molecule has 1 unspecified atom stereocenters. The fraction of sp³-hybridized carbons (Fsp3) is 0.455. The van der Waals surface area contributed by atoms with Crippen molar-refractivity contribution in [2.24, 2.45) is 0 Å². The maximum absolute atomic E-state index is 10.8. The van der Waals surface area contributed by atoms with Crippen LogP contribution in [0.1, 0.15) is 12.0 Å². The Morgan fingerprint density at radius 2 is 2.20 bits per heavy atom. The van der Waals surface area contributed by atoms with Crippen molar-refractivity contribution in [1.29, 1.82) is 0 Å². The average Bonchev–Trinajstić information content (AvgIpc) is 2.14. The summed E-state index contributed by atoms with van der Waals surface area (Å²) in [6.07, 6.45) is 2.62. The summed E-state index contributed by atoms with van der Waals surface area (Å²) in [5.41, 5.74) is 8.73. The third-order valence-electron chi connectivity index (χ3n) is 2.13. The molecular weight excluding hydrogens is 208 g/mol. The minimum absolute atomic E-state index is 0.704.